The summed E-state index contributed by atoms with van der Waals surface area (Å²) in [7, 11) is 0. The topological polar surface area (TPSA) is 38.1 Å². The Bertz CT molecular complexity index is 384. The monoisotopic (exact) mass is 227 g/mol. The van der Waals surface area contributed by atoms with Gasteiger partial charge < -0.3 is 4.90 Å². The van der Waals surface area contributed by atoms with Crippen molar-refractivity contribution in [2.24, 2.45) is 0 Å². The Morgan fingerprint density at radius 1 is 1.33 bits per heavy atom. The molecule has 0 saturated carbocycles. The summed E-state index contributed by atoms with van der Waals surface area (Å²) in [5.41, 5.74) is -0.0748. The fourth-order valence-corrected chi connectivity index (χ4v) is 1.96. The summed E-state index contributed by atoms with van der Waals surface area (Å²) in [4.78, 5) is 17.7. The SMILES string of the molecule is O=c1cc(Cl)ncn1CCN1CCCC1. The van der Waals surface area contributed by atoms with E-state index in [0.29, 0.717) is 6.54 Å². The Morgan fingerprint density at radius 2 is 2.07 bits per heavy atom. The van der Waals surface area contributed by atoms with E-state index in [-0.39, 0.29) is 10.7 Å². The van der Waals surface area contributed by atoms with Crippen LogP contribution in [0.2, 0.25) is 5.15 Å². The Balaban J connectivity index is 1.95. The summed E-state index contributed by atoms with van der Waals surface area (Å²) in [6.45, 7) is 3.91. The molecule has 15 heavy (non-hydrogen) atoms. The average molecular weight is 228 g/mol. The number of nitrogens with zero attached hydrogens (tertiary/aromatic N) is 3. The van der Waals surface area contributed by atoms with Gasteiger partial charge >= 0.3 is 0 Å². The summed E-state index contributed by atoms with van der Waals surface area (Å²) in [6, 6.07) is 1.35. The van der Waals surface area contributed by atoms with Crippen LogP contribution in [-0.4, -0.2) is 34.1 Å². The highest BCUT2D eigenvalue weighted by molar-refractivity contribution is 6.29. The lowest BCUT2D eigenvalue weighted by Gasteiger charge is -2.14. The van der Waals surface area contributed by atoms with Crippen molar-refractivity contribution in [2.75, 3.05) is 19.6 Å². The molecule has 0 aromatic carbocycles. The molecule has 0 N–H and O–H groups in total. The zero-order valence-electron chi connectivity index (χ0n) is 8.53. The van der Waals surface area contributed by atoms with E-state index in [1.54, 1.807) is 4.57 Å². The largest absolute Gasteiger partial charge is 0.302 e. The van der Waals surface area contributed by atoms with Crippen LogP contribution in [0.5, 0.6) is 0 Å². The first-order valence-corrected chi connectivity index (χ1v) is 5.58. The van der Waals surface area contributed by atoms with Crippen LogP contribution in [0.15, 0.2) is 17.2 Å². The number of aromatic nitrogens is 2. The lowest BCUT2D eigenvalue weighted by molar-refractivity contribution is 0.320. The lowest BCUT2D eigenvalue weighted by atomic mass is 10.4. The van der Waals surface area contributed by atoms with E-state index in [0.717, 1.165) is 19.6 Å². The van der Waals surface area contributed by atoms with Crippen molar-refractivity contribution in [3.63, 3.8) is 0 Å². The number of likely N-dealkylation sites (tertiary alicyclic amines) is 1. The van der Waals surface area contributed by atoms with E-state index < -0.39 is 0 Å². The normalized spacial score (nSPS) is 17.1. The molecule has 0 radical (unpaired) electrons. The van der Waals surface area contributed by atoms with Gasteiger partial charge in [0.05, 0.1) is 6.33 Å². The molecule has 4 nitrogen and oxygen atoms in total. The quantitative estimate of drug-likeness (QED) is 0.723. The molecule has 82 valence electrons. The second-order valence-electron chi connectivity index (χ2n) is 3.79. The summed E-state index contributed by atoms with van der Waals surface area (Å²) >= 11 is 5.61. The van der Waals surface area contributed by atoms with Gasteiger partial charge in [0, 0.05) is 19.2 Å². The molecule has 0 bridgehead atoms. The van der Waals surface area contributed by atoms with Gasteiger partial charge in [0.25, 0.3) is 5.56 Å². The molecule has 2 rings (SSSR count). The Labute approximate surface area is 93.5 Å². The fraction of sp³-hybridized carbons (Fsp3) is 0.600. The minimum absolute atomic E-state index is 0.0748. The first kappa shape index (κ1) is 10.6. The van der Waals surface area contributed by atoms with Crippen LogP contribution in [0.25, 0.3) is 0 Å². The smallest absolute Gasteiger partial charge is 0.254 e. The zero-order chi connectivity index (χ0) is 10.7. The van der Waals surface area contributed by atoms with Crippen molar-refractivity contribution in [2.45, 2.75) is 19.4 Å². The molecule has 0 aliphatic carbocycles. The lowest BCUT2D eigenvalue weighted by Crippen LogP contribution is -2.28. The van der Waals surface area contributed by atoms with Crippen LogP contribution < -0.4 is 5.56 Å². The zero-order valence-corrected chi connectivity index (χ0v) is 9.28. The summed E-state index contributed by atoms with van der Waals surface area (Å²) in [6.07, 6.45) is 4.06. The Hall–Kier alpha value is -0.870. The van der Waals surface area contributed by atoms with Crippen LogP contribution in [0.4, 0.5) is 0 Å². The molecule has 1 aliphatic rings. The second-order valence-corrected chi connectivity index (χ2v) is 4.18. The number of hydrogen-bond donors (Lipinski definition) is 0. The maximum absolute atomic E-state index is 11.5. The third-order valence-electron chi connectivity index (χ3n) is 2.70. The van der Waals surface area contributed by atoms with Gasteiger partial charge in [0.2, 0.25) is 0 Å². The maximum Gasteiger partial charge on any atom is 0.254 e. The van der Waals surface area contributed by atoms with Crippen molar-refractivity contribution in [1.82, 2.24) is 14.5 Å². The van der Waals surface area contributed by atoms with Crippen LogP contribution in [0, 0.1) is 0 Å². The van der Waals surface area contributed by atoms with Crippen molar-refractivity contribution in [1.29, 1.82) is 0 Å². The van der Waals surface area contributed by atoms with Gasteiger partial charge in [0.15, 0.2) is 0 Å². The van der Waals surface area contributed by atoms with Crippen molar-refractivity contribution in [3.05, 3.63) is 27.9 Å². The highest BCUT2D eigenvalue weighted by Crippen LogP contribution is 2.06. The van der Waals surface area contributed by atoms with Crippen LogP contribution in [0.3, 0.4) is 0 Å². The second kappa shape index (κ2) is 4.77. The Morgan fingerprint density at radius 3 is 2.73 bits per heavy atom. The predicted octanol–water partition coefficient (Wildman–Crippen LogP) is 0.992. The molecule has 1 fully saturated rings. The van der Waals surface area contributed by atoms with Crippen LogP contribution in [-0.2, 0) is 6.54 Å². The molecule has 1 aromatic rings. The van der Waals surface area contributed by atoms with Gasteiger partial charge in [-0.15, -0.1) is 0 Å². The van der Waals surface area contributed by atoms with Crippen molar-refractivity contribution >= 4 is 11.6 Å². The standard InChI is InChI=1S/C10H14ClN3O/c11-9-7-10(15)14(8-12-9)6-5-13-3-1-2-4-13/h7-8H,1-6H2. The molecular formula is C10H14ClN3O. The van der Waals surface area contributed by atoms with Gasteiger partial charge in [-0.3, -0.25) is 9.36 Å². The molecule has 0 atom stereocenters. The minimum atomic E-state index is -0.0748. The highest BCUT2D eigenvalue weighted by atomic mass is 35.5. The van der Waals surface area contributed by atoms with Gasteiger partial charge in [-0.2, -0.15) is 0 Å². The average Bonchev–Trinajstić information content (AvgIpc) is 2.69. The third-order valence-corrected chi connectivity index (χ3v) is 2.91. The summed E-state index contributed by atoms with van der Waals surface area (Å²) < 4.78 is 1.60. The Kier molecular flexibility index (Phi) is 3.38. The van der Waals surface area contributed by atoms with E-state index in [2.05, 4.69) is 9.88 Å². The molecule has 5 heteroatoms. The fourth-order valence-electron chi connectivity index (χ4n) is 1.83. The van der Waals surface area contributed by atoms with Crippen LogP contribution in [0.1, 0.15) is 12.8 Å². The molecule has 0 spiro atoms. The molecule has 2 heterocycles. The number of halogens is 1. The molecule has 1 aromatic heterocycles. The first-order valence-electron chi connectivity index (χ1n) is 5.20. The molecular weight excluding hydrogens is 214 g/mol. The molecule has 0 amide bonds. The first-order chi connectivity index (χ1) is 7.25. The number of rotatable bonds is 3. The van der Waals surface area contributed by atoms with Gasteiger partial charge in [-0.25, -0.2) is 4.98 Å². The minimum Gasteiger partial charge on any atom is -0.302 e. The van der Waals surface area contributed by atoms with Crippen molar-refractivity contribution in [3.8, 4) is 0 Å². The maximum atomic E-state index is 11.5. The van der Waals surface area contributed by atoms with Crippen molar-refractivity contribution < 1.29 is 0 Å². The van der Waals surface area contributed by atoms with Gasteiger partial charge in [0.1, 0.15) is 5.15 Å². The van der Waals surface area contributed by atoms with E-state index in [4.69, 9.17) is 11.6 Å². The molecule has 0 unspecified atom stereocenters. The van der Waals surface area contributed by atoms with Crippen LogP contribution >= 0.6 is 11.6 Å². The van der Waals surface area contributed by atoms with Gasteiger partial charge in [-0.1, -0.05) is 11.6 Å². The summed E-state index contributed by atoms with van der Waals surface area (Å²) in [5, 5.41) is 0.262. The van der Waals surface area contributed by atoms with E-state index >= 15 is 0 Å². The van der Waals surface area contributed by atoms with E-state index in [1.807, 2.05) is 0 Å². The summed E-state index contributed by atoms with van der Waals surface area (Å²) in [5.74, 6) is 0. The third kappa shape index (κ3) is 2.79. The highest BCUT2D eigenvalue weighted by Gasteiger charge is 2.10. The van der Waals surface area contributed by atoms with E-state index in [1.165, 1.54) is 25.2 Å². The molecule has 1 saturated heterocycles. The predicted molar refractivity (Wildman–Crippen MR) is 59.2 cm³/mol. The van der Waals surface area contributed by atoms with E-state index in [9.17, 15) is 4.79 Å². The molecule has 1 aliphatic heterocycles. The number of hydrogen-bond acceptors (Lipinski definition) is 3. The van der Waals surface area contributed by atoms with Gasteiger partial charge in [-0.05, 0) is 25.9 Å².